The minimum atomic E-state index is -0.592. The van der Waals surface area contributed by atoms with Crippen LogP contribution in [0.15, 0.2) is 122 Å². The number of hydrogen-bond acceptors (Lipinski definition) is 5. The van der Waals surface area contributed by atoms with Crippen LogP contribution in [0.1, 0.15) is 162 Å². The van der Waals surface area contributed by atoms with Crippen LogP contribution >= 0.6 is 0 Å². The fourth-order valence-corrected chi connectivity index (χ4v) is 5.31. The summed E-state index contributed by atoms with van der Waals surface area (Å²) in [4.78, 5) is 24.9. The van der Waals surface area contributed by atoms with Crippen molar-refractivity contribution in [3.8, 4) is 0 Å². The highest BCUT2D eigenvalue weighted by atomic mass is 16.6. The van der Waals surface area contributed by atoms with Crippen molar-refractivity contribution in [2.45, 2.75) is 168 Å². The van der Waals surface area contributed by atoms with Crippen molar-refractivity contribution in [1.29, 1.82) is 0 Å². The zero-order valence-electron chi connectivity index (χ0n) is 35.8. The summed E-state index contributed by atoms with van der Waals surface area (Å²) in [6.45, 7) is 7.32. The zero-order valence-corrected chi connectivity index (χ0v) is 35.8. The molecule has 314 valence electrons. The van der Waals surface area contributed by atoms with Gasteiger partial charge < -0.3 is 14.2 Å². The van der Waals surface area contributed by atoms with Gasteiger partial charge in [0.1, 0.15) is 6.61 Å². The van der Waals surface area contributed by atoms with Crippen LogP contribution in [-0.4, -0.2) is 37.9 Å². The summed E-state index contributed by atoms with van der Waals surface area (Å²) in [5.41, 5.74) is 0. The smallest absolute Gasteiger partial charge is 0.309 e. The Balaban J connectivity index is 4.27. The molecule has 1 atom stereocenters. The molecule has 5 nitrogen and oxygen atoms in total. The Morgan fingerprint density at radius 2 is 0.857 bits per heavy atom. The van der Waals surface area contributed by atoms with E-state index in [9.17, 15) is 9.59 Å². The van der Waals surface area contributed by atoms with Crippen LogP contribution in [-0.2, 0) is 23.8 Å². The van der Waals surface area contributed by atoms with E-state index >= 15 is 0 Å². The van der Waals surface area contributed by atoms with E-state index in [0.29, 0.717) is 13.0 Å². The number of carbonyl (C=O) groups is 2. The second-order valence-corrected chi connectivity index (χ2v) is 13.9. The molecule has 0 heterocycles. The predicted molar refractivity (Wildman–Crippen MR) is 242 cm³/mol. The molecule has 0 aromatic rings. The Kier molecular flexibility index (Phi) is 42.7. The SMILES string of the molecule is CC/C=C\C/C=C\C/C=C\C/C=C\C/C=C\CCCCCCOCC(COC(=O)C/C=C\C/C=C\C/C=C\C/C=C\C/C=C\CC)OC(=O)CCCCCCC. The Morgan fingerprint density at radius 3 is 1.36 bits per heavy atom. The van der Waals surface area contributed by atoms with Crippen molar-refractivity contribution >= 4 is 11.9 Å². The van der Waals surface area contributed by atoms with Crippen molar-refractivity contribution in [1.82, 2.24) is 0 Å². The molecule has 0 aliphatic carbocycles. The van der Waals surface area contributed by atoms with Gasteiger partial charge in [0.25, 0.3) is 0 Å². The Bertz CT molecular complexity index is 1190. The Morgan fingerprint density at radius 1 is 0.429 bits per heavy atom. The largest absolute Gasteiger partial charge is 0.461 e. The maximum Gasteiger partial charge on any atom is 0.309 e. The molecule has 0 fully saturated rings. The van der Waals surface area contributed by atoms with Crippen LogP contribution in [0.5, 0.6) is 0 Å². The molecule has 0 spiro atoms. The van der Waals surface area contributed by atoms with Gasteiger partial charge in [0, 0.05) is 13.0 Å². The monoisotopic (exact) mass is 773 g/mol. The first-order valence-corrected chi connectivity index (χ1v) is 22.1. The number of hydrogen-bond donors (Lipinski definition) is 0. The van der Waals surface area contributed by atoms with Crippen molar-refractivity contribution in [3.05, 3.63) is 122 Å². The van der Waals surface area contributed by atoms with Crippen LogP contribution in [0.2, 0.25) is 0 Å². The molecule has 0 aliphatic heterocycles. The Hall–Kier alpha value is -3.70. The third kappa shape index (κ3) is 43.0. The van der Waals surface area contributed by atoms with Gasteiger partial charge in [-0.2, -0.15) is 0 Å². The van der Waals surface area contributed by atoms with Gasteiger partial charge in [-0.25, -0.2) is 0 Å². The lowest BCUT2D eigenvalue weighted by atomic mass is 10.1. The molecule has 0 aliphatic rings. The van der Waals surface area contributed by atoms with E-state index in [-0.39, 0.29) is 31.6 Å². The summed E-state index contributed by atoms with van der Waals surface area (Å²) >= 11 is 0. The number of esters is 2. The van der Waals surface area contributed by atoms with Crippen LogP contribution < -0.4 is 0 Å². The molecule has 0 amide bonds. The summed E-state index contributed by atoms with van der Waals surface area (Å²) in [5, 5.41) is 0. The first kappa shape index (κ1) is 52.3. The molecule has 0 saturated carbocycles. The first-order chi connectivity index (χ1) is 27.6. The van der Waals surface area contributed by atoms with Gasteiger partial charge in [-0.3, -0.25) is 9.59 Å². The minimum absolute atomic E-state index is 0.0123. The molecule has 0 aromatic heterocycles. The van der Waals surface area contributed by atoms with Crippen molar-refractivity contribution < 1.29 is 23.8 Å². The average molecular weight is 773 g/mol. The third-order valence-electron chi connectivity index (χ3n) is 8.53. The number of ether oxygens (including phenoxy) is 3. The van der Waals surface area contributed by atoms with Gasteiger partial charge in [-0.15, -0.1) is 0 Å². The highest BCUT2D eigenvalue weighted by Gasteiger charge is 2.17. The summed E-state index contributed by atoms with van der Waals surface area (Å²) in [6.07, 6.45) is 64.0. The summed E-state index contributed by atoms with van der Waals surface area (Å²) < 4.78 is 17.0. The normalized spacial score (nSPS) is 13.4. The maximum absolute atomic E-state index is 12.5. The fraction of sp³-hybridized carbons (Fsp3) is 0.569. The molecule has 0 radical (unpaired) electrons. The number of unbranched alkanes of at least 4 members (excludes halogenated alkanes) is 8. The molecule has 0 saturated heterocycles. The minimum Gasteiger partial charge on any atom is -0.461 e. The number of allylic oxidation sites excluding steroid dienone is 19. The molecule has 0 aromatic carbocycles. The molecule has 1 unspecified atom stereocenters. The van der Waals surface area contributed by atoms with E-state index in [0.717, 1.165) is 116 Å². The summed E-state index contributed by atoms with van der Waals surface area (Å²) in [7, 11) is 0. The second kappa shape index (κ2) is 45.7. The van der Waals surface area contributed by atoms with Crippen molar-refractivity contribution in [2.24, 2.45) is 0 Å². The number of carbonyl (C=O) groups excluding carboxylic acids is 2. The highest BCUT2D eigenvalue weighted by Crippen LogP contribution is 2.09. The van der Waals surface area contributed by atoms with Crippen molar-refractivity contribution in [2.75, 3.05) is 19.8 Å². The molecule has 0 rings (SSSR count). The lowest BCUT2D eigenvalue weighted by molar-refractivity contribution is -0.162. The number of rotatable bonds is 38. The summed E-state index contributed by atoms with van der Waals surface area (Å²) in [5.74, 6) is -0.585. The topological polar surface area (TPSA) is 61.8 Å². The first-order valence-electron chi connectivity index (χ1n) is 22.1. The van der Waals surface area contributed by atoms with E-state index in [1.54, 1.807) is 0 Å². The van der Waals surface area contributed by atoms with E-state index in [1.165, 1.54) is 12.8 Å². The van der Waals surface area contributed by atoms with E-state index < -0.39 is 6.10 Å². The maximum atomic E-state index is 12.5. The van der Waals surface area contributed by atoms with Crippen molar-refractivity contribution in [3.63, 3.8) is 0 Å². The quantitative estimate of drug-likeness (QED) is 0.0355. The summed E-state index contributed by atoms with van der Waals surface area (Å²) in [6, 6.07) is 0. The van der Waals surface area contributed by atoms with Gasteiger partial charge in [0.2, 0.25) is 0 Å². The van der Waals surface area contributed by atoms with E-state index in [4.69, 9.17) is 14.2 Å². The van der Waals surface area contributed by atoms with E-state index in [1.807, 2.05) is 12.2 Å². The molecule has 0 bridgehead atoms. The van der Waals surface area contributed by atoms with Gasteiger partial charge in [0.15, 0.2) is 6.10 Å². The van der Waals surface area contributed by atoms with Gasteiger partial charge >= 0.3 is 11.9 Å². The molecule has 5 heteroatoms. The average Bonchev–Trinajstić information content (AvgIpc) is 3.20. The Labute approximate surface area is 344 Å². The van der Waals surface area contributed by atoms with Gasteiger partial charge in [0.05, 0.1) is 13.0 Å². The van der Waals surface area contributed by atoms with Crippen LogP contribution in [0.4, 0.5) is 0 Å². The van der Waals surface area contributed by atoms with Crippen LogP contribution in [0.25, 0.3) is 0 Å². The molecular weight excluding hydrogens is 693 g/mol. The fourth-order valence-electron chi connectivity index (χ4n) is 5.31. The zero-order chi connectivity index (χ0) is 40.7. The van der Waals surface area contributed by atoms with Crippen LogP contribution in [0, 0.1) is 0 Å². The standard InChI is InChI=1S/C51H80O5/c1-4-7-10-13-15-17-19-21-23-24-25-26-27-29-31-33-35-37-40-43-46-54-47-49(56-51(53)45-42-38-12-9-6-3)48-55-50(52)44-41-39-36-34-32-30-28-22-20-18-16-14-11-8-5-2/h7-8,10-11,15-18,21-23,25-26,28-29,31-32,34,39,41,49H,4-6,9,12-14,19-20,24,27,30,33,35-38,40,42-48H2,1-3H3/b10-7-,11-8-,17-15-,18-16-,23-21-,26-25-,28-22-,31-29-,34-32-,41-39-. The molecule has 56 heavy (non-hydrogen) atoms. The second-order valence-electron chi connectivity index (χ2n) is 13.9. The lowest BCUT2D eigenvalue weighted by Crippen LogP contribution is -2.30. The van der Waals surface area contributed by atoms with E-state index in [2.05, 4.69) is 130 Å². The molecular formula is C51H80O5. The van der Waals surface area contributed by atoms with Crippen LogP contribution in [0.3, 0.4) is 0 Å². The van der Waals surface area contributed by atoms with Gasteiger partial charge in [-0.1, -0.05) is 181 Å². The lowest BCUT2D eigenvalue weighted by Gasteiger charge is -2.18. The predicted octanol–water partition coefficient (Wildman–Crippen LogP) is 14.7. The molecule has 0 N–H and O–H groups in total. The third-order valence-corrected chi connectivity index (χ3v) is 8.53. The highest BCUT2D eigenvalue weighted by molar-refractivity contribution is 5.71. The van der Waals surface area contributed by atoms with Gasteiger partial charge in [-0.05, 0) is 89.9 Å².